The standard InChI is InChI=1S/C30H27N3O6S/c1-4-38-40-14-15-9-10-19-17(11-15)23-24-18(13-31-27(24)34)22-16-7-5-6-8-20(16)33-26(22)25(23)32(19)21-12-30(36,28(35)37-3)29(33,2)39-21/h5-11,21,36H,4,12-14H2,1-3H3,(H,31,34)/t21-,29+,30-/m0/s1. The fraction of sp³-hybridized carbons (Fsp3) is 0.333. The molecule has 10 heteroatoms. The van der Waals surface area contributed by atoms with E-state index in [4.69, 9.17) is 13.7 Å². The van der Waals surface area contributed by atoms with Gasteiger partial charge in [0.15, 0.2) is 5.72 Å². The Balaban J connectivity index is 1.60. The normalized spacial score (nSPS) is 24.9. The molecule has 0 unspecified atom stereocenters. The van der Waals surface area contributed by atoms with Crippen LogP contribution in [0.15, 0.2) is 42.5 Å². The maximum atomic E-state index is 13.5. The van der Waals surface area contributed by atoms with Crippen LogP contribution < -0.4 is 5.32 Å². The molecule has 5 heterocycles. The monoisotopic (exact) mass is 557 g/mol. The fourth-order valence-corrected chi connectivity index (χ4v) is 7.84. The number of esters is 1. The van der Waals surface area contributed by atoms with Gasteiger partial charge >= 0.3 is 5.97 Å². The average Bonchev–Trinajstić information content (AvgIpc) is 3.65. The number of methoxy groups -OCH3 is 1. The number of ether oxygens (including phenoxy) is 2. The molecule has 1 amide bonds. The van der Waals surface area contributed by atoms with Gasteiger partial charge in [0.1, 0.15) is 6.23 Å². The van der Waals surface area contributed by atoms with Crippen molar-refractivity contribution < 1.29 is 28.4 Å². The maximum absolute atomic E-state index is 13.5. The van der Waals surface area contributed by atoms with Gasteiger partial charge in [-0.1, -0.05) is 24.3 Å². The van der Waals surface area contributed by atoms with Gasteiger partial charge in [0.05, 0.1) is 41.3 Å². The number of hydrogen-bond acceptors (Lipinski definition) is 7. The van der Waals surface area contributed by atoms with E-state index in [0.717, 1.165) is 54.7 Å². The number of carbonyl (C=O) groups is 2. The molecule has 2 aromatic heterocycles. The third-order valence-electron chi connectivity index (χ3n) is 8.94. The lowest BCUT2D eigenvalue weighted by Gasteiger charge is -2.37. The molecule has 8 rings (SSSR count). The fourth-order valence-electron chi connectivity index (χ4n) is 7.27. The van der Waals surface area contributed by atoms with Crippen LogP contribution in [0.25, 0.3) is 43.6 Å². The number of nitrogens with zero attached hydrogens (tertiary/aromatic N) is 2. The zero-order chi connectivity index (χ0) is 27.6. The van der Waals surface area contributed by atoms with Gasteiger partial charge in [-0.25, -0.2) is 4.79 Å². The van der Waals surface area contributed by atoms with Gasteiger partial charge in [0, 0.05) is 40.3 Å². The molecule has 5 aromatic rings. The molecule has 3 aromatic carbocycles. The van der Waals surface area contributed by atoms with Gasteiger partial charge in [0.2, 0.25) is 5.60 Å². The van der Waals surface area contributed by atoms with Crippen LogP contribution in [-0.4, -0.2) is 45.4 Å². The number of fused-ring (bicyclic) bond motifs is 13. The van der Waals surface area contributed by atoms with E-state index in [-0.39, 0.29) is 12.3 Å². The molecule has 0 saturated carbocycles. The topological polar surface area (TPSA) is 104 Å². The lowest BCUT2D eigenvalue weighted by Crippen LogP contribution is -2.56. The first-order valence-corrected chi connectivity index (χ1v) is 14.3. The number of rotatable bonds is 5. The Kier molecular flexibility index (Phi) is 4.85. The molecular weight excluding hydrogens is 530 g/mol. The minimum Gasteiger partial charge on any atom is -0.467 e. The summed E-state index contributed by atoms with van der Waals surface area (Å²) in [4.78, 5) is 26.8. The Hall–Kier alpha value is -3.57. The zero-order valence-corrected chi connectivity index (χ0v) is 23.1. The highest BCUT2D eigenvalue weighted by molar-refractivity contribution is 7.93. The van der Waals surface area contributed by atoms with Crippen LogP contribution in [0.5, 0.6) is 0 Å². The summed E-state index contributed by atoms with van der Waals surface area (Å²) in [6.07, 6.45) is -0.685. The minimum absolute atomic E-state index is 0.00623. The Bertz CT molecular complexity index is 1960. The second-order valence-corrected chi connectivity index (χ2v) is 11.6. The van der Waals surface area contributed by atoms with E-state index in [0.29, 0.717) is 24.5 Å². The Morgan fingerprint density at radius 1 is 1.18 bits per heavy atom. The van der Waals surface area contributed by atoms with Crippen molar-refractivity contribution in [2.75, 3.05) is 13.7 Å². The highest BCUT2D eigenvalue weighted by Gasteiger charge is 2.65. The lowest BCUT2D eigenvalue weighted by atomic mass is 9.88. The summed E-state index contributed by atoms with van der Waals surface area (Å²) >= 11 is 1.40. The second kappa shape index (κ2) is 8.01. The first kappa shape index (κ1) is 24.2. The molecule has 1 fully saturated rings. The van der Waals surface area contributed by atoms with Crippen molar-refractivity contribution in [2.45, 2.75) is 50.1 Å². The molecule has 0 spiro atoms. The summed E-state index contributed by atoms with van der Waals surface area (Å²) in [6, 6.07) is 14.1. The van der Waals surface area contributed by atoms with Gasteiger partial charge in [-0.05, 0) is 55.2 Å². The van der Waals surface area contributed by atoms with Gasteiger partial charge in [0.25, 0.3) is 5.91 Å². The van der Waals surface area contributed by atoms with Crippen LogP contribution in [0.1, 0.15) is 48.0 Å². The average molecular weight is 558 g/mol. The molecule has 204 valence electrons. The van der Waals surface area contributed by atoms with E-state index in [1.165, 1.54) is 19.2 Å². The molecule has 40 heavy (non-hydrogen) atoms. The van der Waals surface area contributed by atoms with Crippen molar-refractivity contribution in [3.8, 4) is 0 Å². The van der Waals surface area contributed by atoms with Gasteiger partial charge < -0.3 is 33.2 Å². The molecule has 2 bridgehead atoms. The quantitative estimate of drug-likeness (QED) is 0.181. The van der Waals surface area contributed by atoms with Crippen molar-refractivity contribution in [3.05, 3.63) is 59.2 Å². The van der Waals surface area contributed by atoms with Crippen LogP contribution in [0.2, 0.25) is 0 Å². The highest BCUT2D eigenvalue weighted by atomic mass is 32.2. The first-order chi connectivity index (χ1) is 19.3. The third kappa shape index (κ3) is 2.70. The first-order valence-electron chi connectivity index (χ1n) is 13.4. The molecular formula is C30H27N3O6S. The Morgan fingerprint density at radius 2 is 2.00 bits per heavy atom. The highest BCUT2D eigenvalue weighted by Crippen LogP contribution is 2.57. The van der Waals surface area contributed by atoms with E-state index in [9.17, 15) is 14.7 Å². The van der Waals surface area contributed by atoms with E-state index >= 15 is 0 Å². The van der Waals surface area contributed by atoms with Crippen molar-refractivity contribution in [1.82, 2.24) is 14.5 Å². The van der Waals surface area contributed by atoms with Gasteiger partial charge in [-0.3, -0.25) is 4.79 Å². The Morgan fingerprint density at radius 3 is 2.80 bits per heavy atom. The summed E-state index contributed by atoms with van der Waals surface area (Å²) in [5.41, 5.74) is 2.61. The third-order valence-corrected chi connectivity index (χ3v) is 9.79. The number of benzene rings is 3. The lowest BCUT2D eigenvalue weighted by molar-refractivity contribution is -0.202. The largest absolute Gasteiger partial charge is 0.467 e. The predicted octanol–water partition coefficient (Wildman–Crippen LogP) is 4.84. The minimum atomic E-state index is -1.96. The summed E-state index contributed by atoms with van der Waals surface area (Å²) in [6.45, 7) is 4.72. The van der Waals surface area contributed by atoms with Gasteiger partial charge in [-0.15, -0.1) is 0 Å². The van der Waals surface area contributed by atoms with Crippen LogP contribution >= 0.6 is 12.0 Å². The number of aromatic nitrogens is 2. The van der Waals surface area contributed by atoms with Crippen LogP contribution in [0.4, 0.5) is 0 Å². The number of aliphatic hydroxyl groups is 1. The predicted molar refractivity (Wildman–Crippen MR) is 152 cm³/mol. The molecule has 3 atom stereocenters. The van der Waals surface area contributed by atoms with Crippen LogP contribution in [0, 0.1) is 0 Å². The molecule has 1 saturated heterocycles. The van der Waals surface area contributed by atoms with Crippen LogP contribution in [0.3, 0.4) is 0 Å². The molecule has 3 aliphatic rings. The zero-order valence-electron chi connectivity index (χ0n) is 22.2. The van der Waals surface area contributed by atoms with E-state index < -0.39 is 23.5 Å². The van der Waals surface area contributed by atoms with Gasteiger partial charge in [-0.2, -0.15) is 0 Å². The summed E-state index contributed by atoms with van der Waals surface area (Å²) in [5.74, 6) is -0.185. The van der Waals surface area contributed by atoms with Crippen molar-refractivity contribution in [2.24, 2.45) is 0 Å². The van der Waals surface area contributed by atoms with Crippen molar-refractivity contribution in [3.63, 3.8) is 0 Å². The number of nitrogens with one attached hydrogen (secondary N) is 1. The Labute approximate surface area is 233 Å². The summed E-state index contributed by atoms with van der Waals surface area (Å²) in [5, 5.41) is 18.8. The molecule has 0 radical (unpaired) electrons. The number of amides is 1. The molecule has 3 aliphatic heterocycles. The number of hydrogen-bond donors (Lipinski definition) is 2. The smallest absolute Gasteiger partial charge is 0.343 e. The van der Waals surface area contributed by atoms with Crippen molar-refractivity contribution in [1.29, 1.82) is 0 Å². The number of para-hydroxylation sites is 1. The van der Waals surface area contributed by atoms with Crippen molar-refractivity contribution >= 4 is 67.5 Å². The van der Waals surface area contributed by atoms with E-state index in [1.54, 1.807) is 6.92 Å². The summed E-state index contributed by atoms with van der Waals surface area (Å²) in [7, 11) is 1.28. The SMILES string of the molecule is CCOSCc1ccc2c(c1)c1c3c(c4c5ccccc5n5c4c1n2[C@@H]1C[C@](O)(C(=O)OC)[C@@]5(C)O1)CNC3=O. The molecule has 2 N–H and O–H groups in total. The van der Waals surface area contributed by atoms with E-state index in [2.05, 4.69) is 22.0 Å². The van der Waals surface area contributed by atoms with E-state index in [1.807, 2.05) is 41.8 Å². The number of carbonyl (C=O) groups excluding carboxylic acids is 2. The molecule has 0 aliphatic carbocycles. The maximum Gasteiger partial charge on any atom is 0.343 e. The molecule has 9 nitrogen and oxygen atoms in total. The summed E-state index contributed by atoms with van der Waals surface area (Å²) < 4.78 is 21.5. The van der Waals surface area contributed by atoms with Crippen LogP contribution in [-0.2, 0) is 36.5 Å². The second-order valence-electron chi connectivity index (χ2n) is 10.8.